The predicted octanol–water partition coefficient (Wildman–Crippen LogP) is 4.49. The van der Waals surface area contributed by atoms with Crippen molar-refractivity contribution in [2.24, 2.45) is 0 Å². The van der Waals surface area contributed by atoms with Crippen molar-refractivity contribution >= 4 is 17.7 Å². The van der Waals surface area contributed by atoms with Gasteiger partial charge in [0.2, 0.25) is 5.91 Å². The van der Waals surface area contributed by atoms with Gasteiger partial charge in [-0.05, 0) is 49.7 Å². The third-order valence-electron chi connectivity index (χ3n) is 4.42. The van der Waals surface area contributed by atoms with E-state index in [1.807, 2.05) is 32.0 Å². The van der Waals surface area contributed by atoms with Crippen molar-refractivity contribution in [1.29, 1.82) is 0 Å². The van der Waals surface area contributed by atoms with Crippen LogP contribution in [0.4, 0.5) is 4.39 Å². The van der Waals surface area contributed by atoms with Crippen LogP contribution in [0.2, 0.25) is 0 Å². The molecule has 0 aromatic heterocycles. The number of carbonyl (C=O) groups excluding carboxylic acids is 1. The van der Waals surface area contributed by atoms with E-state index in [9.17, 15) is 9.18 Å². The van der Waals surface area contributed by atoms with E-state index in [2.05, 4.69) is 5.32 Å². The van der Waals surface area contributed by atoms with E-state index in [1.165, 1.54) is 23.9 Å². The first-order chi connectivity index (χ1) is 12.9. The van der Waals surface area contributed by atoms with Gasteiger partial charge in [0.25, 0.3) is 0 Å². The zero-order valence-corrected chi connectivity index (χ0v) is 16.6. The molecule has 1 amide bonds. The standard InChI is InChI=1S/C21H24FNO3S/c1-21(2)11-18(17-10-16(25-3)8-9-19(17)26-21)23-20(24)13-27-12-14-4-6-15(22)7-5-14/h4-10,18H,11-13H2,1-3H3,(H,23,24)/t18-/m1/s1. The Labute approximate surface area is 163 Å². The molecule has 144 valence electrons. The number of benzene rings is 2. The van der Waals surface area contributed by atoms with Crippen LogP contribution in [-0.4, -0.2) is 24.4 Å². The molecule has 3 rings (SSSR count). The summed E-state index contributed by atoms with van der Waals surface area (Å²) in [5, 5.41) is 3.12. The molecular formula is C21H24FNO3S. The van der Waals surface area contributed by atoms with Crippen LogP contribution in [0.1, 0.15) is 37.4 Å². The van der Waals surface area contributed by atoms with Crippen LogP contribution in [0.15, 0.2) is 42.5 Å². The van der Waals surface area contributed by atoms with Crippen LogP contribution in [0, 0.1) is 5.82 Å². The summed E-state index contributed by atoms with van der Waals surface area (Å²) < 4.78 is 24.3. The van der Waals surface area contributed by atoms with Gasteiger partial charge in [0.1, 0.15) is 22.9 Å². The van der Waals surface area contributed by atoms with E-state index in [0.29, 0.717) is 17.9 Å². The summed E-state index contributed by atoms with van der Waals surface area (Å²) in [7, 11) is 1.62. The number of hydrogen-bond acceptors (Lipinski definition) is 4. The topological polar surface area (TPSA) is 47.6 Å². The highest BCUT2D eigenvalue weighted by Crippen LogP contribution is 2.41. The van der Waals surface area contributed by atoms with Crippen molar-refractivity contribution < 1.29 is 18.7 Å². The van der Waals surface area contributed by atoms with Gasteiger partial charge in [-0.2, -0.15) is 0 Å². The maximum Gasteiger partial charge on any atom is 0.230 e. The summed E-state index contributed by atoms with van der Waals surface area (Å²) in [4.78, 5) is 12.5. The van der Waals surface area contributed by atoms with Crippen LogP contribution < -0.4 is 14.8 Å². The molecule has 0 unspecified atom stereocenters. The number of fused-ring (bicyclic) bond motifs is 1. The molecule has 0 radical (unpaired) electrons. The third-order valence-corrected chi connectivity index (χ3v) is 5.43. The smallest absolute Gasteiger partial charge is 0.230 e. The molecule has 2 aromatic rings. The van der Waals surface area contributed by atoms with Gasteiger partial charge >= 0.3 is 0 Å². The molecule has 0 aliphatic carbocycles. The minimum Gasteiger partial charge on any atom is -0.497 e. The zero-order valence-electron chi connectivity index (χ0n) is 15.8. The van der Waals surface area contributed by atoms with Crippen molar-refractivity contribution in [3.63, 3.8) is 0 Å². The number of nitrogens with one attached hydrogen (secondary N) is 1. The Morgan fingerprint density at radius 3 is 2.74 bits per heavy atom. The first-order valence-electron chi connectivity index (χ1n) is 8.85. The minimum atomic E-state index is -0.360. The molecule has 1 heterocycles. The Bertz CT molecular complexity index is 808. The Morgan fingerprint density at radius 1 is 1.30 bits per heavy atom. The molecule has 1 atom stereocenters. The lowest BCUT2D eigenvalue weighted by Gasteiger charge is -2.38. The number of methoxy groups -OCH3 is 1. The van der Waals surface area contributed by atoms with Crippen molar-refractivity contribution in [1.82, 2.24) is 5.32 Å². The quantitative estimate of drug-likeness (QED) is 0.791. The highest BCUT2D eigenvalue weighted by Gasteiger charge is 2.34. The van der Waals surface area contributed by atoms with Crippen molar-refractivity contribution in [2.75, 3.05) is 12.9 Å². The molecule has 0 spiro atoms. The van der Waals surface area contributed by atoms with Crippen LogP contribution in [0.3, 0.4) is 0 Å². The zero-order chi connectivity index (χ0) is 19.4. The van der Waals surface area contributed by atoms with Crippen LogP contribution in [0.25, 0.3) is 0 Å². The summed E-state index contributed by atoms with van der Waals surface area (Å²) >= 11 is 1.51. The predicted molar refractivity (Wildman–Crippen MR) is 106 cm³/mol. The number of ether oxygens (including phenoxy) is 2. The molecule has 6 heteroatoms. The molecule has 1 N–H and O–H groups in total. The van der Waals surface area contributed by atoms with Crippen molar-refractivity contribution in [3.05, 3.63) is 59.4 Å². The monoisotopic (exact) mass is 389 g/mol. The number of carbonyl (C=O) groups is 1. The van der Waals surface area contributed by atoms with Crippen molar-refractivity contribution in [2.45, 2.75) is 37.7 Å². The fraction of sp³-hybridized carbons (Fsp3) is 0.381. The van der Waals surface area contributed by atoms with Crippen LogP contribution >= 0.6 is 11.8 Å². The third kappa shape index (κ3) is 5.16. The molecule has 1 aliphatic heterocycles. The second-order valence-corrected chi connectivity index (χ2v) is 8.19. The average Bonchev–Trinajstić information content (AvgIpc) is 2.62. The van der Waals surface area contributed by atoms with Crippen LogP contribution in [-0.2, 0) is 10.5 Å². The molecule has 2 aromatic carbocycles. The van der Waals surface area contributed by atoms with E-state index < -0.39 is 0 Å². The molecule has 0 bridgehead atoms. The molecule has 0 fully saturated rings. The van der Waals surface area contributed by atoms with E-state index in [0.717, 1.165) is 22.6 Å². The molecule has 27 heavy (non-hydrogen) atoms. The Balaban J connectivity index is 1.62. The van der Waals surface area contributed by atoms with Gasteiger partial charge in [-0.1, -0.05) is 12.1 Å². The average molecular weight is 389 g/mol. The number of halogens is 1. The number of rotatable bonds is 6. The van der Waals surface area contributed by atoms with E-state index in [4.69, 9.17) is 9.47 Å². The lowest BCUT2D eigenvalue weighted by atomic mass is 9.89. The minimum absolute atomic E-state index is 0.0291. The summed E-state index contributed by atoms with van der Waals surface area (Å²) in [5.41, 5.74) is 1.57. The number of thioether (sulfide) groups is 1. The Hall–Kier alpha value is -2.21. The van der Waals surface area contributed by atoms with Gasteiger partial charge in [0, 0.05) is 17.7 Å². The highest BCUT2D eigenvalue weighted by molar-refractivity contribution is 7.99. The second kappa shape index (κ2) is 8.21. The van der Waals surface area contributed by atoms with Crippen molar-refractivity contribution in [3.8, 4) is 11.5 Å². The van der Waals surface area contributed by atoms with Gasteiger partial charge in [-0.3, -0.25) is 4.79 Å². The largest absolute Gasteiger partial charge is 0.497 e. The van der Waals surface area contributed by atoms with Gasteiger partial charge < -0.3 is 14.8 Å². The normalized spacial score (nSPS) is 17.6. The van der Waals surface area contributed by atoms with Gasteiger partial charge in [-0.25, -0.2) is 4.39 Å². The Kier molecular flexibility index (Phi) is 5.95. The summed E-state index contributed by atoms with van der Waals surface area (Å²) in [5.74, 6) is 2.24. The number of amides is 1. The lowest BCUT2D eigenvalue weighted by Crippen LogP contribution is -2.41. The van der Waals surface area contributed by atoms with Gasteiger partial charge in [0.15, 0.2) is 0 Å². The number of hydrogen-bond donors (Lipinski definition) is 1. The molecule has 0 saturated heterocycles. The molecular weight excluding hydrogens is 365 g/mol. The first kappa shape index (κ1) is 19.5. The highest BCUT2D eigenvalue weighted by atomic mass is 32.2. The molecule has 4 nitrogen and oxygen atoms in total. The second-order valence-electron chi connectivity index (χ2n) is 7.21. The maximum atomic E-state index is 12.9. The fourth-order valence-electron chi connectivity index (χ4n) is 3.17. The van der Waals surface area contributed by atoms with E-state index in [1.54, 1.807) is 19.2 Å². The Morgan fingerprint density at radius 2 is 2.04 bits per heavy atom. The maximum absolute atomic E-state index is 12.9. The summed E-state index contributed by atoms with van der Waals surface area (Å²) in [6, 6.07) is 11.9. The fourth-order valence-corrected chi connectivity index (χ4v) is 3.97. The van der Waals surface area contributed by atoms with Gasteiger partial charge in [0.05, 0.1) is 18.9 Å². The summed E-state index contributed by atoms with van der Waals surface area (Å²) in [6.45, 7) is 4.03. The first-order valence-corrected chi connectivity index (χ1v) is 10.0. The van der Waals surface area contributed by atoms with E-state index in [-0.39, 0.29) is 23.4 Å². The summed E-state index contributed by atoms with van der Waals surface area (Å²) in [6.07, 6.45) is 0.682. The van der Waals surface area contributed by atoms with E-state index >= 15 is 0 Å². The molecule has 0 saturated carbocycles. The molecule has 1 aliphatic rings. The lowest BCUT2D eigenvalue weighted by molar-refractivity contribution is -0.119. The van der Waals surface area contributed by atoms with Gasteiger partial charge in [-0.15, -0.1) is 11.8 Å². The van der Waals surface area contributed by atoms with Crippen LogP contribution in [0.5, 0.6) is 11.5 Å². The SMILES string of the molecule is COc1ccc2c(c1)[C@H](NC(=O)CSCc1ccc(F)cc1)CC(C)(C)O2.